The van der Waals surface area contributed by atoms with Gasteiger partial charge in [-0.1, -0.05) is 11.6 Å². The second-order valence-corrected chi connectivity index (χ2v) is 5.67. The predicted octanol–water partition coefficient (Wildman–Crippen LogP) is 3.13. The number of carbonyl (C=O) groups excluding carboxylic acids is 1. The minimum Gasteiger partial charge on any atom is -0.495 e. The van der Waals surface area contributed by atoms with Crippen molar-refractivity contribution in [2.24, 2.45) is 5.73 Å². The highest BCUT2D eigenvalue weighted by Gasteiger charge is 2.06. The third-order valence-corrected chi connectivity index (χ3v) is 3.59. The van der Waals surface area contributed by atoms with E-state index in [0.29, 0.717) is 42.6 Å². The lowest BCUT2D eigenvalue weighted by Crippen LogP contribution is -2.16. The van der Waals surface area contributed by atoms with Gasteiger partial charge in [0.2, 0.25) is 5.91 Å². The molecule has 4 N–H and O–H groups in total. The average Bonchev–Trinajstić information content (AvgIpc) is 2.61. The van der Waals surface area contributed by atoms with Gasteiger partial charge in [-0.15, -0.1) is 0 Å². The zero-order chi connectivity index (χ0) is 18.1. The van der Waals surface area contributed by atoms with Gasteiger partial charge in [-0.05, 0) is 42.5 Å². The number of nitrogens with one attached hydrogen (secondary N) is 2. The summed E-state index contributed by atoms with van der Waals surface area (Å²) in [5, 5.41) is 6.59. The van der Waals surface area contributed by atoms with E-state index in [9.17, 15) is 4.79 Å². The maximum absolute atomic E-state index is 12.0. The summed E-state index contributed by atoms with van der Waals surface area (Å²) >= 11 is 5.98. The number of anilines is 2. The largest absolute Gasteiger partial charge is 0.495 e. The Morgan fingerprint density at radius 2 is 1.96 bits per heavy atom. The van der Waals surface area contributed by atoms with E-state index in [4.69, 9.17) is 26.8 Å². The number of halogens is 1. The molecule has 25 heavy (non-hydrogen) atoms. The molecule has 0 aliphatic rings. The maximum Gasteiger partial charge on any atom is 0.226 e. The summed E-state index contributed by atoms with van der Waals surface area (Å²) in [6, 6.07) is 12.5. The third kappa shape index (κ3) is 6.17. The minimum absolute atomic E-state index is 0.0934. The van der Waals surface area contributed by atoms with Crippen molar-refractivity contribution in [3.63, 3.8) is 0 Å². The molecule has 2 aromatic carbocycles. The fourth-order valence-corrected chi connectivity index (χ4v) is 2.34. The molecule has 0 aliphatic heterocycles. The summed E-state index contributed by atoms with van der Waals surface area (Å²) in [5.41, 5.74) is 6.85. The molecule has 0 saturated heterocycles. The molecule has 0 aromatic heterocycles. The van der Waals surface area contributed by atoms with Crippen molar-refractivity contribution in [2.75, 3.05) is 37.4 Å². The number of hydrogen-bond donors (Lipinski definition) is 3. The molecule has 0 spiro atoms. The Labute approximate surface area is 152 Å². The Kier molecular flexibility index (Phi) is 7.37. The molecule has 134 valence electrons. The van der Waals surface area contributed by atoms with Gasteiger partial charge in [-0.2, -0.15) is 0 Å². The lowest BCUT2D eigenvalue weighted by Gasteiger charge is -2.12. The topological polar surface area (TPSA) is 85.6 Å². The van der Waals surface area contributed by atoms with E-state index in [1.807, 2.05) is 0 Å². The first-order chi connectivity index (χ1) is 12.1. The monoisotopic (exact) mass is 363 g/mol. The van der Waals surface area contributed by atoms with Crippen molar-refractivity contribution < 1.29 is 14.3 Å². The van der Waals surface area contributed by atoms with E-state index in [1.165, 1.54) is 0 Å². The number of nitrogens with two attached hydrogens (primary N) is 1. The maximum atomic E-state index is 12.0. The second kappa shape index (κ2) is 9.76. The molecule has 2 rings (SSSR count). The number of ether oxygens (including phenoxy) is 2. The van der Waals surface area contributed by atoms with E-state index in [1.54, 1.807) is 49.6 Å². The highest BCUT2D eigenvalue weighted by Crippen LogP contribution is 2.27. The third-order valence-electron chi connectivity index (χ3n) is 3.35. The van der Waals surface area contributed by atoms with E-state index in [0.717, 1.165) is 11.4 Å². The molecule has 2 aromatic rings. The Morgan fingerprint density at radius 3 is 2.64 bits per heavy atom. The van der Waals surface area contributed by atoms with E-state index in [2.05, 4.69) is 10.6 Å². The first-order valence-corrected chi connectivity index (χ1v) is 8.30. The van der Waals surface area contributed by atoms with E-state index < -0.39 is 0 Å². The molecule has 0 saturated carbocycles. The van der Waals surface area contributed by atoms with Crippen molar-refractivity contribution in [1.82, 2.24) is 0 Å². The highest BCUT2D eigenvalue weighted by atomic mass is 35.5. The van der Waals surface area contributed by atoms with Crippen molar-refractivity contribution in [3.8, 4) is 11.5 Å². The van der Waals surface area contributed by atoms with E-state index in [-0.39, 0.29) is 5.91 Å². The van der Waals surface area contributed by atoms with Crippen molar-refractivity contribution >= 4 is 28.9 Å². The van der Waals surface area contributed by atoms with Crippen LogP contribution in [-0.2, 0) is 4.79 Å². The van der Waals surface area contributed by atoms with Crippen molar-refractivity contribution in [3.05, 3.63) is 47.5 Å². The first kappa shape index (κ1) is 18.9. The van der Waals surface area contributed by atoms with Crippen molar-refractivity contribution in [1.29, 1.82) is 0 Å². The molecule has 0 bridgehead atoms. The number of amides is 1. The van der Waals surface area contributed by atoms with Crippen LogP contribution in [0.1, 0.15) is 6.42 Å². The average molecular weight is 364 g/mol. The molecule has 0 aliphatic carbocycles. The lowest BCUT2D eigenvalue weighted by atomic mass is 10.2. The molecule has 7 heteroatoms. The van der Waals surface area contributed by atoms with Crippen LogP contribution in [0.3, 0.4) is 0 Å². The Hall–Kier alpha value is -2.44. The molecular formula is C18H22ClN3O3. The Morgan fingerprint density at radius 1 is 1.20 bits per heavy atom. The molecule has 0 radical (unpaired) electrons. The molecule has 6 nitrogen and oxygen atoms in total. The molecule has 0 heterocycles. The van der Waals surface area contributed by atoms with Gasteiger partial charge in [0.25, 0.3) is 0 Å². The number of hydrogen-bond acceptors (Lipinski definition) is 5. The molecule has 1 amide bonds. The summed E-state index contributed by atoms with van der Waals surface area (Å²) in [7, 11) is 1.59. The Bertz CT molecular complexity index is 692. The number of benzene rings is 2. The van der Waals surface area contributed by atoms with Crippen LogP contribution in [0.25, 0.3) is 0 Å². The van der Waals surface area contributed by atoms with Gasteiger partial charge in [0.15, 0.2) is 0 Å². The van der Waals surface area contributed by atoms with Gasteiger partial charge in [0, 0.05) is 30.2 Å². The smallest absolute Gasteiger partial charge is 0.226 e. The molecule has 0 unspecified atom stereocenters. The van der Waals surface area contributed by atoms with Crippen LogP contribution < -0.4 is 25.8 Å². The first-order valence-electron chi connectivity index (χ1n) is 7.92. The molecule has 0 atom stereocenters. The quantitative estimate of drug-likeness (QED) is 0.637. The number of rotatable bonds is 9. The number of carbonyl (C=O) groups is 1. The Balaban J connectivity index is 1.80. The minimum atomic E-state index is -0.0934. The van der Waals surface area contributed by atoms with Crippen LogP contribution in [0.4, 0.5) is 11.4 Å². The van der Waals surface area contributed by atoms with Crippen LogP contribution in [0.2, 0.25) is 5.02 Å². The fraction of sp³-hybridized carbons (Fsp3) is 0.278. The van der Waals surface area contributed by atoms with Gasteiger partial charge < -0.3 is 25.8 Å². The second-order valence-electron chi connectivity index (χ2n) is 5.23. The number of methoxy groups -OCH3 is 1. The van der Waals surface area contributed by atoms with Crippen LogP contribution in [0.15, 0.2) is 42.5 Å². The zero-order valence-corrected chi connectivity index (χ0v) is 14.8. The van der Waals surface area contributed by atoms with Crippen LogP contribution in [0.5, 0.6) is 11.5 Å². The SMILES string of the molecule is COc1ccc(Cl)cc1NCCC(=O)Nc1ccc(OCCN)cc1. The summed E-state index contributed by atoms with van der Waals surface area (Å²) in [6.45, 7) is 1.38. The standard InChI is InChI=1S/C18H22ClN3O3/c1-24-17-7-2-13(19)12-16(17)21-10-8-18(23)22-14-3-5-15(6-4-14)25-11-9-20/h2-7,12,21H,8-11,20H2,1H3,(H,22,23). The zero-order valence-electron chi connectivity index (χ0n) is 14.0. The van der Waals surface area contributed by atoms with Gasteiger partial charge in [0.05, 0.1) is 12.8 Å². The lowest BCUT2D eigenvalue weighted by molar-refractivity contribution is -0.115. The van der Waals surface area contributed by atoms with E-state index >= 15 is 0 Å². The normalized spacial score (nSPS) is 10.2. The predicted molar refractivity (Wildman–Crippen MR) is 101 cm³/mol. The summed E-state index contributed by atoms with van der Waals surface area (Å²) in [6.07, 6.45) is 0.307. The summed E-state index contributed by atoms with van der Waals surface area (Å²) in [5.74, 6) is 1.31. The van der Waals surface area contributed by atoms with Crippen LogP contribution >= 0.6 is 11.6 Å². The van der Waals surface area contributed by atoms with Gasteiger partial charge in [-0.25, -0.2) is 0 Å². The van der Waals surface area contributed by atoms with Gasteiger partial charge in [0.1, 0.15) is 18.1 Å². The van der Waals surface area contributed by atoms with Crippen LogP contribution in [-0.4, -0.2) is 32.7 Å². The van der Waals surface area contributed by atoms with Gasteiger partial charge in [-0.3, -0.25) is 4.79 Å². The van der Waals surface area contributed by atoms with Crippen LogP contribution in [0, 0.1) is 0 Å². The summed E-state index contributed by atoms with van der Waals surface area (Å²) < 4.78 is 10.6. The van der Waals surface area contributed by atoms with Crippen molar-refractivity contribution in [2.45, 2.75) is 6.42 Å². The highest BCUT2D eigenvalue weighted by molar-refractivity contribution is 6.30. The molecule has 0 fully saturated rings. The van der Waals surface area contributed by atoms with Gasteiger partial charge >= 0.3 is 0 Å². The molecular weight excluding hydrogens is 342 g/mol. The fourth-order valence-electron chi connectivity index (χ4n) is 2.16. The summed E-state index contributed by atoms with van der Waals surface area (Å²) in [4.78, 5) is 12.0.